The lowest BCUT2D eigenvalue weighted by Gasteiger charge is -2.34. The maximum atomic E-state index is 14.0. The summed E-state index contributed by atoms with van der Waals surface area (Å²) in [6.07, 6.45) is 3.74. The number of aromatic amines is 1. The van der Waals surface area contributed by atoms with Crippen LogP contribution in [0.3, 0.4) is 0 Å². The van der Waals surface area contributed by atoms with Gasteiger partial charge in [0.2, 0.25) is 0 Å². The number of hydrogen-bond donors (Lipinski definition) is 4. The first-order valence-electron chi connectivity index (χ1n) is 13.0. The molecule has 0 amide bonds. The van der Waals surface area contributed by atoms with Gasteiger partial charge in [0.05, 0.1) is 11.1 Å². The van der Waals surface area contributed by atoms with E-state index in [4.69, 9.17) is 0 Å². The van der Waals surface area contributed by atoms with Gasteiger partial charge in [-0.15, -0.1) is 0 Å². The summed E-state index contributed by atoms with van der Waals surface area (Å²) in [5.74, 6) is 0.125. The molecule has 0 radical (unpaired) electrons. The van der Waals surface area contributed by atoms with Crippen LogP contribution >= 0.6 is 7.14 Å². The Labute approximate surface area is 222 Å². The van der Waals surface area contributed by atoms with Gasteiger partial charge in [-0.25, -0.2) is 14.4 Å². The highest BCUT2D eigenvalue weighted by atomic mass is 31.2. The molecule has 4 N–H and O–H groups in total. The molecule has 3 heterocycles. The van der Waals surface area contributed by atoms with Crippen LogP contribution in [-0.4, -0.2) is 67.6 Å². The van der Waals surface area contributed by atoms with Crippen molar-refractivity contribution in [3.63, 3.8) is 0 Å². The van der Waals surface area contributed by atoms with E-state index in [0.29, 0.717) is 28.5 Å². The van der Waals surface area contributed by atoms with E-state index >= 15 is 0 Å². The van der Waals surface area contributed by atoms with E-state index in [1.165, 1.54) is 24.1 Å². The van der Waals surface area contributed by atoms with Crippen LogP contribution in [0, 0.1) is 5.82 Å². The van der Waals surface area contributed by atoms with Gasteiger partial charge in [-0.3, -0.25) is 0 Å². The molecule has 10 heteroatoms. The average molecular weight is 536 g/mol. The molecule has 0 aliphatic carbocycles. The second kappa shape index (κ2) is 11.2. The zero-order valence-electron chi connectivity index (χ0n) is 22.1. The topological polar surface area (TPSA) is 98.0 Å². The minimum Gasteiger partial charge on any atom is -0.371 e. The van der Waals surface area contributed by atoms with E-state index in [9.17, 15) is 8.96 Å². The number of nitrogens with zero attached hydrogens (tertiary/aromatic N) is 3. The largest absolute Gasteiger partial charge is 0.371 e. The summed E-state index contributed by atoms with van der Waals surface area (Å²) < 4.78 is 26.8. The quantitative estimate of drug-likeness (QED) is 0.185. The van der Waals surface area contributed by atoms with Crippen molar-refractivity contribution in [2.75, 3.05) is 56.8 Å². The van der Waals surface area contributed by atoms with E-state index in [1.807, 2.05) is 13.1 Å². The van der Waals surface area contributed by atoms with Crippen molar-refractivity contribution >= 4 is 40.7 Å². The van der Waals surface area contributed by atoms with Gasteiger partial charge in [0.1, 0.15) is 30.8 Å². The van der Waals surface area contributed by atoms with Gasteiger partial charge in [-0.1, -0.05) is 12.1 Å². The normalized spacial score (nSPS) is 14.8. The highest BCUT2D eigenvalue weighted by Gasteiger charge is 2.20. The maximum absolute atomic E-state index is 14.0. The Morgan fingerprint density at radius 3 is 2.53 bits per heavy atom. The van der Waals surface area contributed by atoms with Crippen LogP contribution in [0.5, 0.6) is 0 Å². The standard InChI is InChI=1S/C28H35FN7OP/c1-30-12-13-31-21-10-14-36(15-11-21)22-7-4-19(5-8-22)24-17-23-27(34-24)32-18-33-28(23)35-25-16-20(29)6-9-26(25)38(2,3)37/h4-9,16-18,21,30-31H,10-15H2,1-3H3,(H2,32,33,34,35). The summed E-state index contributed by atoms with van der Waals surface area (Å²) in [6.45, 7) is 7.41. The van der Waals surface area contributed by atoms with E-state index in [2.05, 4.69) is 60.1 Å². The number of halogens is 1. The molecule has 2 aromatic carbocycles. The molecule has 5 rings (SSSR count). The maximum Gasteiger partial charge on any atom is 0.143 e. The molecule has 1 aliphatic heterocycles. The third-order valence-corrected chi connectivity index (χ3v) is 8.61. The minimum absolute atomic E-state index is 0.404. The predicted molar refractivity (Wildman–Crippen MR) is 155 cm³/mol. The first kappa shape index (κ1) is 26.4. The number of fused-ring (bicyclic) bond motifs is 1. The molecule has 0 spiro atoms. The van der Waals surface area contributed by atoms with Crippen LogP contribution in [-0.2, 0) is 4.57 Å². The van der Waals surface area contributed by atoms with Crippen molar-refractivity contribution < 1.29 is 8.96 Å². The third kappa shape index (κ3) is 5.90. The van der Waals surface area contributed by atoms with E-state index < -0.39 is 13.0 Å². The molecular weight excluding hydrogens is 500 g/mol. The molecule has 1 saturated heterocycles. The monoisotopic (exact) mass is 535 g/mol. The van der Waals surface area contributed by atoms with Gasteiger partial charge < -0.3 is 30.4 Å². The summed E-state index contributed by atoms with van der Waals surface area (Å²) in [5, 5.41) is 11.4. The summed E-state index contributed by atoms with van der Waals surface area (Å²) in [4.78, 5) is 14.6. The molecule has 0 saturated carbocycles. The fraction of sp³-hybridized carbons (Fsp3) is 0.357. The molecule has 8 nitrogen and oxygen atoms in total. The zero-order chi connectivity index (χ0) is 26.7. The van der Waals surface area contributed by atoms with Gasteiger partial charge in [-0.2, -0.15) is 0 Å². The number of aromatic nitrogens is 3. The first-order chi connectivity index (χ1) is 18.3. The number of likely N-dealkylation sites (N-methyl/N-ethyl adjacent to an activating group) is 1. The van der Waals surface area contributed by atoms with E-state index in [1.54, 1.807) is 19.4 Å². The molecular formula is C28H35FN7OP. The van der Waals surface area contributed by atoms with Gasteiger partial charge in [0.15, 0.2) is 0 Å². The number of hydrogen-bond acceptors (Lipinski definition) is 7. The summed E-state index contributed by atoms with van der Waals surface area (Å²) in [7, 11) is -0.654. The average Bonchev–Trinajstić information content (AvgIpc) is 3.34. The van der Waals surface area contributed by atoms with Crippen molar-refractivity contribution in [2.45, 2.75) is 18.9 Å². The van der Waals surface area contributed by atoms with Crippen LogP contribution < -0.4 is 26.2 Å². The van der Waals surface area contributed by atoms with Gasteiger partial charge in [0.25, 0.3) is 0 Å². The van der Waals surface area contributed by atoms with Crippen LogP contribution in [0.4, 0.5) is 21.6 Å². The van der Waals surface area contributed by atoms with Crippen LogP contribution in [0.25, 0.3) is 22.3 Å². The lowest BCUT2D eigenvalue weighted by molar-refractivity contribution is 0.415. The predicted octanol–water partition coefficient (Wildman–Crippen LogP) is 4.53. The summed E-state index contributed by atoms with van der Waals surface area (Å²) >= 11 is 0. The first-order valence-corrected chi connectivity index (χ1v) is 15.6. The van der Waals surface area contributed by atoms with Crippen LogP contribution in [0.1, 0.15) is 12.8 Å². The number of anilines is 3. The Bertz CT molecular complexity index is 1440. The molecule has 0 atom stereocenters. The second-order valence-electron chi connectivity index (χ2n) is 10.2. The van der Waals surface area contributed by atoms with Gasteiger partial charge in [0, 0.05) is 48.9 Å². The summed E-state index contributed by atoms with van der Waals surface area (Å²) in [6, 6.07) is 15.4. The number of rotatable bonds is 9. The number of nitrogens with one attached hydrogen (secondary N) is 4. The molecule has 0 unspecified atom stereocenters. The second-order valence-corrected chi connectivity index (χ2v) is 13.4. The Balaban J connectivity index is 1.33. The molecule has 1 fully saturated rings. The lowest BCUT2D eigenvalue weighted by atomic mass is 10.0. The Morgan fingerprint density at radius 2 is 1.82 bits per heavy atom. The number of piperidine rings is 1. The SMILES string of the molecule is CNCCNC1CCN(c2ccc(-c3cc4c(Nc5cc(F)ccc5P(C)(C)=O)ncnc4[nH]3)cc2)CC1. The summed E-state index contributed by atoms with van der Waals surface area (Å²) in [5.41, 5.74) is 4.30. The molecule has 4 aromatic rings. The molecule has 200 valence electrons. The highest BCUT2D eigenvalue weighted by molar-refractivity contribution is 7.70. The van der Waals surface area contributed by atoms with E-state index in [0.717, 1.165) is 55.7 Å². The minimum atomic E-state index is -2.63. The molecule has 0 bridgehead atoms. The highest BCUT2D eigenvalue weighted by Crippen LogP contribution is 2.39. The Hall–Kier alpha value is -3.26. The Morgan fingerprint density at radius 1 is 1.05 bits per heavy atom. The van der Waals surface area contributed by atoms with Crippen molar-refractivity contribution in [1.29, 1.82) is 0 Å². The van der Waals surface area contributed by atoms with Crippen LogP contribution in [0.2, 0.25) is 0 Å². The zero-order valence-corrected chi connectivity index (χ0v) is 23.0. The number of benzene rings is 2. The van der Waals surface area contributed by atoms with Crippen molar-refractivity contribution in [3.05, 3.63) is 60.7 Å². The van der Waals surface area contributed by atoms with Gasteiger partial charge >= 0.3 is 0 Å². The molecule has 1 aliphatic rings. The lowest BCUT2D eigenvalue weighted by Crippen LogP contribution is -2.44. The number of H-pyrrole nitrogens is 1. The fourth-order valence-corrected chi connectivity index (χ4v) is 6.13. The molecule has 38 heavy (non-hydrogen) atoms. The fourth-order valence-electron chi connectivity index (χ4n) is 5.00. The molecule has 2 aromatic heterocycles. The van der Waals surface area contributed by atoms with Crippen molar-refractivity contribution in [1.82, 2.24) is 25.6 Å². The third-order valence-electron chi connectivity index (χ3n) is 7.06. The smallest absolute Gasteiger partial charge is 0.143 e. The Kier molecular flexibility index (Phi) is 7.79. The van der Waals surface area contributed by atoms with Gasteiger partial charge in [-0.05, 0) is 75.2 Å². The van der Waals surface area contributed by atoms with E-state index in [-0.39, 0.29) is 0 Å². The van der Waals surface area contributed by atoms with Crippen molar-refractivity contribution in [3.8, 4) is 11.3 Å². The van der Waals surface area contributed by atoms with Crippen molar-refractivity contribution in [2.24, 2.45) is 0 Å². The van der Waals surface area contributed by atoms with Crippen LogP contribution in [0.15, 0.2) is 54.9 Å².